The molecule has 1 saturated heterocycles. The monoisotopic (exact) mass is 421 g/mol. The van der Waals surface area contributed by atoms with E-state index in [1.807, 2.05) is 4.90 Å². The highest BCUT2D eigenvalue weighted by Gasteiger charge is 2.32. The van der Waals surface area contributed by atoms with Crippen LogP contribution < -0.4 is 19.7 Å². The molecule has 0 aliphatic carbocycles. The lowest BCUT2D eigenvalue weighted by Gasteiger charge is -2.35. The number of benzene rings is 1. The van der Waals surface area contributed by atoms with Gasteiger partial charge in [0.15, 0.2) is 0 Å². The van der Waals surface area contributed by atoms with Crippen LogP contribution in [0.15, 0.2) is 18.5 Å². The molecular weight excluding hydrogens is 398 g/mol. The quantitative estimate of drug-likeness (QED) is 0.512. The molecule has 0 radical (unpaired) electrons. The van der Waals surface area contributed by atoms with E-state index in [4.69, 9.17) is 21.1 Å². The van der Waals surface area contributed by atoms with E-state index < -0.39 is 4.92 Å². The molecule has 10 heteroatoms. The van der Waals surface area contributed by atoms with Crippen molar-refractivity contribution < 1.29 is 14.4 Å². The average molecular weight is 422 g/mol. The highest BCUT2D eigenvalue weighted by molar-refractivity contribution is 6.32. The molecule has 1 atom stereocenters. The third-order valence-corrected chi connectivity index (χ3v) is 5.38. The Morgan fingerprint density at radius 3 is 2.69 bits per heavy atom. The Hall–Kier alpha value is -2.81. The summed E-state index contributed by atoms with van der Waals surface area (Å²) in [5.74, 6) is 1.27. The van der Waals surface area contributed by atoms with E-state index in [1.165, 1.54) is 20.5 Å². The molecule has 9 nitrogen and oxygen atoms in total. The molecule has 0 spiro atoms. The zero-order valence-corrected chi connectivity index (χ0v) is 17.4. The van der Waals surface area contributed by atoms with Crippen LogP contribution in [0.2, 0.25) is 5.02 Å². The van der Waals surface area contributed by atoms with Crippen molar-refractivity contribution in [3.8, 4) is 11.5 Å². The smallest absolute Gasteiger partial charge is 0.353 e. The summed E-state index contributed by atoms with van der Waals surface area (Å²) in [7, 11) is 2.99. The van der Waals surface area contributed by atoms with Crippen LogP contribution in [0, 0.1) is 10.1 Å². The zero-order valence-electron chi connectivity index (χ0n) is 16.6. The van der Waals surface area contributed by atoms with Crippen LogP contribution in [0.4, 0.5) is 23.0 Å². The van der Waals surface area contributed by atoms with Crippen LogP contribution in [0.25, 0.3) is 0 Å². The molecule has 1 aliphatic heterocycles. The standard InChI is InChI=1S/C19H24ClN5O4/c1-4-12-7-5-6-8-24(12)19-17(25(26)27)18(21-11-22-19)23-14-9-13(20)15(28-2)10-16(14)29-3/h9-12H,4-8H2,1-3H3,(H,21,22,23). The molecule has 2 heterocycles. The third-order valence-electron chi connectivity index (χ3n) is 5.08. The van der Waals surface area contributed by atoms with Gasteiger partial charge in [-0.25, -0.2) is 9.97 Å². The Morgan fingerprint density at radius 1 is 1.28 bits per heavy atom. The molecule has 2 aromatic rings. The molecule has 0 bridgehead atoms. The van der Waals surface area contributed by atoms with Gasteiger partial charge in [-0.15, -0.1) is 0 Å². The number of hydrogen-bond donors (Lipinski definition) is 1. The Kier molecular flexibility index (Phi) is 6.58. The minimum absolute atomic E-state index is 0.0833. The highest BCUT2D eigenvalue weighted by atomic mass is 35.5. The second kappa shape index (κ2) is 9.13. The molecule has 3 rings (SSSR count). The molecule has 1 N–H and O–H groups in total. The van der Waals surface area contributed by atoms with E-state index in [-0.39, 0.29) is 17.5 Å². The summed E-state index contributed by atoms with van der Waals surface area (Å²) in [6, 6.07) is 3.41. The van der Waals surface area contributed by atoms with Crippen LogP contribution in [0.1, 0.15) is 32.6 Å². The minimum Gasteiger partial charge on any atom is -0.495 e. The van der Waals surface area contributed by atoms with Crippen molar-refractivity contribution in [2.45, 2.75) is 38.6 Å². The summed E-state index contributed by atoms with van der Waals surface area (Å²) in [6.07, 6.45) is 5.31. The summed E-state index contributed by atoms with van der Waals surface area (Å²) < 4.78 is 10.6. The summed E-state index contributed by atoms with van der Waals surface area (Å²) in [5, 5.41) is 15.3. The minimum atomic E-state index is -0.448. The van der Waals surface area contributed by atoms with Crippen molar-refractivity contribution in [3.05, 3.63) is 33.6 Å². The van der Waals surface area contributed by atoms with Gasteiger partial charge < -0.3 is 19.7 Å². The van der Waals surface area contributed by atoms with Crippen LogP contribution in [-0.4, -0.2) is 41.7 Å². The number of nitrogens with one attached hydrogen (secondary N) is 1. The van der Waals surface area contributed by atoms with Gasteiger partial charge in [0.2, 0.25) is 11.6 Å². The zero-order chi connectivity index (χ0) is 21.0. The molecular formula is C19H24ClN5O4. The second-order valence-electron chi connectivity index (χ2n) is 6.71. The maximum atomic E-state index is 12.0. The van der Waals surface area contributed by atoms with Crippen molar-refractivity contribution in [3.63, 3.8) is 0 Å². The predicted octanol–water partition coefficient (Wildman–Crippen LogP) is 4.57. The molecule has 1 aromatic heterocycles. The van der Waals surface area contributed by atoms with E-state index in [1.54, 1.807) is 12.1 Å². The molecule has 0 amide bonds. The number of anilines is 3. The maximum Gasteiger partial charge on any atom is 0.353 e. The molecule has 29 heavy (non-hydrogen) atoms. The van der Waals surface area contributed by atoms with Crippen LogP contribution in [0.5, 0.6) is 11.5 Å². The van der Waals surface area contributed by atoms with Gasteiger partial charge in [0.1, 0.15) is 17.8 Å². The number of halogens is 1. The Balaban J connectivity index is 2.05. The van der Waals surface area contributed by atoms with Crippen molar-refractivity contribution in [1.82, 2.24) is 9.97 Å². The van der Waals surface area contributed by atoms with Crippen LogP contribution >= 0.6 is 11.6 Å². The molecule has 156 valence electrons. The fraction of sp³-hybridized carbons (Fsp3) is 0.474. The number of nitrogens with zero attached hydrogens (tertiary/aromatic N) is 4. The van der Waals surface area contributed by atoms with Crippen LogP contribution in [-0.2, 0) is 0 Å². The number of ether oxygens (including phenoxy) is 2. The van der Waals surface area contributed by atoms with Gasteiger partial charge >= 0.3 is 5.69 Å². The average Bonchev–Trinajstić information content (AvgIpc) is 2.73. The van der Waals surface area contributed by atoms with Crippen molar-refractivity contribution >= 4 is 34.6 Å². The van der Waals surface area contributed by atoms with E-state index in [0.29, 0.717) is 28.0 Å². The number of piperidine rings is 1. The van der Waals surface area contributed by atoms with Crippen molar-refractivity contribution in [2.24, 2.45) is 0 Å². The first kappa shape index (κ1) is 20.9. The number of rotatable bonds is 7. The molecule has 1 aliphatic rings. The first-order valence-electron chi connectivity index (χ1n) is 9.44. The van der Waals surface area contributed by atoms with Gasteiger partial charge in [-0.3, -0.25) is 10.1 Å². The molecule has 1 fully saturated rings. The predicted molar refractivity (Wildman–Crippen MR) is 112 cm³/mol. The first-order chi connectivity index (χ1) is 14.0. The van der Waals surface area contributed by atoms with E-state index in [9.17, 15) is 10.1 Å². The SMILES string of the molecule is CCC1CCCCN1c1ncnc(Nc2cc(Cl)c(OC)cc2OC)c1[N+](=O)[O-]. The lowest BCUT2D eigenvalue weighted by Crippen LogP contribution is -2.40. The van der Waals surface area contributed by atoms with Crippen molar-refractivity contribution in [2.75, 3.05) is 31.0 Å². The lowest BCUT2D eigenvalue weighted by molar-refractivity contribution is -0.383. The Labute approximate surface area is 174 Å². The fourth-order valence-corrected chi connectivity index (χ4v) is 3.87. The topological polar surface area (TPSA) is 103 Å². The molecule has 0 saturated carbocycles. The van der Waals surface area contributed by atoms with Gasteiger partial charge in [-0.1, -0.05) is 18.5 Å². The summed E-state index contributed by atoms with van der Waals surface area (Å²) >= 11 is 6.22. The van der Waals surface area contributed by atoms with Gasteiger partial charge in [0.05, 0.1) is 29.9 Å². The normalized spacial score (nSPS) is 16.4. The number of nitro groups is 1. The fourth-order valence-electron chi connectivity index (χ4n) is 3.63. The summed E-state index contributed by atoms with van der Waals surface area (Å²) in [5.41, 5.74) is 0.276. The second-order valence-corrected chi connectivity index (χ2v) is 7.12. The van der Waals surface area contributed by atoms with E-state index in [0.717, 1.165) is 32.2 Å². The molecule has 1 unspecified atom stereocenters. The first-order valence-corrected chi connectivity index (χ1v) is 9.82. The van der Waals surface area contributed by atoms with E-state index >= 15 is 0 Å². The van der Waals surface area contributed by atoms with Gasteiger partial charge in [-0.2, -0.15) is 0 Å². The highest BCUT2D eigenvalue weighted by Crippen LogP contribution is 2.41. The Morgan fingerprint density at radius 2 is 2.03 bits per heavy atom. The number of hydrogen-bond acceptors (Lipinski definition) is 8. The summed E-state index contributed by atoms with van der Waals surface area (Å²) in [6.45, 7) is 2.81. The lowest BCUT2D eigenvalue weighted by atomic mass is 10.00. The summed E-state index contributed by atoms with van der Waals surface area (Å²) in [4.78, 5) is 21.9. The number of aromatic nitrogens is 2. The van der Waals surface area contributed by atoms with Gasteiger partial charge in [0.25, 0.3) is 0 Å². The van der Waals surface area contributed by atoms with E-state index in [2.05, 4.69) is 22.2 Å². The Bertz CT molecular complexity index is 895. The largest absolute Gasteiger partial charge is 0.495 e. The maximum absolute atomic E-state index is 12.0. The van der Waals surface area contributed by atoms with Gasteiger partial charge in [0, 0.05) is 18.7 Å². The van der Waals surface area contributed by atoms with Crippen LogP contribution in [0.3, 0.4) is 0 Å². The van der Waals surface area contributed by atoms with Gasteiger partial charge in [-0.05, 0) is 31.7 Å². The van der Waals surface area contributed by atoms with Crippen molar-refractivity contribution in [1.29, 1.82) is 0 Å². The molecule has 1 aromatic carbocycles. The third kappa shape index (κ3) is 4.29. The number of methoxy groups -OCH3 is 2.